The number of aromatic nitrogens is 3. The lowest BCUT2D eigenvalue weighted by atomic mass is 10.2. The molecule has 108 valence electrons. The van der Waals surface area contributed by atoms with E-state index in [0.717, 1.165) is 29.9 Å². The second kappa shape index (κ2) is 6.02. The number of rotatable bonds is 4. The van der Waals surface area contributed by atoms with Crippen molar-refractivity contribution in [3.8, 4) is 5.82 Å². The van der Waals surface area contributed by atoms with Gasteiger partial charge in [0.1, 0.15) is 5.82 Å². The maximum atomic E-state index is 6.27. The van der Waals surface area contributed by atoms with Gasteiger partial charge in [0.2, 0.25) is 0 Å². The second-order valence-electron chi connectivity index (χ2n) is 4.76. The van der Waals surface area contributed by atoms with E-state index in [1.807, 2.05) is 20.8 Å². The Morgan fingerprint density at radius 3 is 2.45 bits per heavy atom. The molecule has 0 amide bonds. The van der Waals surface area contributed by atoms with Crippen LogP contribution in [-0.2, 0) is 0 Å². The minimum atomic E-state index is 0.489. The lowest BCUT2D eigenvalue weighted by molar-refractivity contribution is 0.805. The van der Waals surface area contributed by atoms with E-state index in [0.29, 0.717) is 21.7 Å². The Morgan fingerprint density at radius 2 is 1.90 bits per heavy atom. The molecule has 0 atom stereocenters. The number of pyridine rings is 1. The first kappa shape index (κ1) is 15.1. The van der Waals surface area contributed by atoms with Crippen LogP contribution in [0.2, 0.25) is 10.0 Å². The molecule has 0 radical (unpaired) electrons. The van der Waals surface area contributed by atoms with E-state index in [1.54, 1.807) is 10.7 Å². The first-order chi connectivity index (χ1) is 9.45. The third kappa shape index (κ3) is 2.76. The van der Waals surface area contributed by atoms with Gasteiger partial charge in [-0.1, -0.05) is 30.1 Å². The van der Waals surface area contributed by atoms with Gasteiger partial charge in [-0.15, -0.1) is 0 Å². The number of nitrogens with one attached hydrogen (secondary N) is 1. The standard InChI is InChI=1S/C14H18Cl2N4/c1-5-6-17-13-11(15)7-12(16)14(18-13)20-10(4)8(2)9(3)19-20/h7H,5-6H2,1-4H3,(H,17,18). The van der Waals surface area contributed by atoms with Crippen molar-refractivity contribution in [2.24, 2.45) is 0 Å². The highest BCUT2D eigenvalue weighted by atomic mass is 35.5. The zero-order valence-electron chi connectivity index (χ0n) is 12.1. The van der Waals surface area contributed by atoms with Crippen molar-refractivity contribution in [3.63, 3.8) is 0 Å². The Labute approximate surface area is 129 Å². The summed E-state index contributed by atoms with van der Waals surface area (Å²) in [5, 5.41) is 8.70. The highest BCUT2D eigenvalue weighted by molar-refractivity contribution is 6.36. The quantitative estimate of drug-likeness (QED) is 0.914. The monoisotopic (exact) mass is 312 g/mol. The molecule has 0 aliphatic rings. The fourth-order valence-corrected chi connectivity index (χ4v) is 2.41. The van der Waals surface area contributed by atoms with Crippen molar-refractivity contribution < 1.29 is 0 Å². The van der Waals surface area contributed by atoms with Gasteiger partial charge in [-0.05, 0) is 38.8 Å². The molecule has 20 heavy (non-hydrogen) atoms. The molecular formula is C14H18Cl2N4. The molecule has 0 spiro atoms. The van der Waals surface area contributed by atoms with Gasteiger partial charge in [0, 0.05) is 12.2 Å². The van der Waals surface area contributed by atoms with Gasteiger partial charge >= 0.3 is 0 Å². The van der Waals surface area contributed by atoms with Crippen LogP contribution in [0, 0.1) is 20.8 Å². The SMILES string of the molecule is CCCNc1nc(-n2nc(C)c(C)c2C)c(Cl)cc1Cl. The molecular weight excluding hydrogens is 295 g/mol. The number of hydrogen-bond acceptors (Lipinski definition) is 3. The van der Waals surface area contributed by atoms with Gasteiger partial charge in [0.05, 0.1) is 15.7 Å². The summed E-state index contributed by atoms with van der Waals surface area (Å²) < 4.78 is 1.76. The summed E-state index contributed by atoms with van der Waals surface area (Å²) in [5.74, 6) is 1.24. The third-order valence-corrected chi connectivity index (χ3v) is 3.87. The summed E-state index contributed by atoms with van der Waals surface area (Å²) in [5.41, 5.74) is 3.14. The molecule has 6 heteroatoms. The Kier molecular flexibility index (Phi) is 4.55. The molecule has 2 rings (SSSR count). The lowest BCUT2D eigenvalue weighted by Gasteiger charge is -2.11. The molecule has 4 nitrogen and oxygen atoms in total. The molecule has 2 aromatic rings. The number of anilines is 1. The predicted molar refractivity (Wildman–Crippen MR) is 84.4 cm³/mol. The highest BCUT2D eigenvalue weighted by Gasteiger charge is 2.15. The molecule has 1 N–H and O–H groups in total. The van der Waals surface area contributed by atoms with Crippen LogP contribution >= 0.6 is 23.2 Å². The van der Waals surface area contributed by atoms with Crippen molar-refractivity contribution in [2.75, 3.05) is 11.9 Å². The summed E-state index contributed by atoms with van der Waals surface area (Å²) in [6.07, 6.45) is 0.995. The highest BCUT2D eigenvalue weighted by Crippen LogP contribution is 2.29. The van der Waals surface area contributed by atoms with Gasteiger partial charge in [0.25, 0.3) is 0 Å². The average Bonchev–Trinajstić information content (AvgIpc) is 2.66. The first-order valence-corrected chi connectivity index (χ1v) is 7.34. The van der Waals surface area contributed by atoms with Crippen LogP contribution in [0.1, 0.15) is 30.3 Å². The van der Waals surface area contributed by atoms with Crippen molar-refractivity contribution in [1.29, 1.82) is 0 Å². The van der Waals surface area contributed by atoms with Crippen LogP contribution in [0.15, 0.2) is 6.07 Å². The second-order valence-corrected chi connectivity index (χ2v) is 5.57. The van der Waals surface area contributed by atoms with Crippen molar-refractivity contribution in [2.45, 2.75) is 34.1 Å². The Hall–Kier alpha value is -1.26. The Balaban J connectivity index is 2.53. The largest absolute Gasteiger partial charge is 0.369 e. The first-order valence-electron chi connectivity index (χ1n) is 6.58. The number of nitrogens with zero attached hydrogens (tertiary/aromatic N) is 3. The summed E-state index contributed by atoms with van der Waals surface area (Å²) in [4.78, 5) is 4.52. The number of hydrogen-bond donors (Lipinski definition) is 1. The van der Waals surface area contributed by atoms with Crippen LogP contribution in [0.5, 0.6) is 0 Å². The fraction of sp³-hybridized carbons (Fsp3) is 0.429. The zero-order chi connectivity index (χ0) is 14.9. The Bertz CT molecular complexity index is 635. The lowest BCUT2D eigenvalue weighted by Crippen LogP contribution is -2.08. The van der Waals surface area contributed by atoms with Gasteiger partial charge in [0.15, 0.2) is 5.82 Å². The van der Waals surface area contributed by atoms with E-state index in [9.17, 15) is 0 Å². The number of aryl methyl sites for hydroxylation is 1. The van der Waals surface area contributed by atoms with Gasteiger partial charge in [-0.25, -0.2) is 9.67 Å². The number of halogens is 2. The molecule has 2 aromatic heterocycles. The molecule has 0 aliphatic carbocycles. The normalized spacial score (nSPS) is 10.9. The van der Waals surface area contributed by atoms with Gasteiger partial charge < -0.3 is 5.32 Å². The van der Waals surface area contributed by atoms with Crippen LogP contribution < -0.4 is 5.32 Å². The molecule has 0 bridgehead atoms. The van der Waals surface area contributed by atoms with Crippen LogP contribution in [-0.4, -0.2) is 21.3 Å². The fourth-order valence-electron chi connectivity index (χ4n) is 1.90. The molecule has 0 fully saturated rings. The van der Waals surface area contributed by atoms with E-state index in [-0.39, 0.29) is 0 Å². The van der Waals surface area contributed by atoms with Crippen molar-refractivity contribution in [1.82, 2.24) is 14.8 Å². The van der Waals surface area contributed by atoms with E-state index in [2.05, 4.69) is 22.3 Å². The van der Waals surface area contributed by atoms with E-state index in [4.69, 9.17) is 23.2 Å². The van der Waals surface area contributed by atoms with E-state index >= 15 is 0 Å². The average molecular weight is 313 g/mol. The Morgan fingerprint density at radius 1 is 1.20 bits per heavy atom. The van der Waals surface area contributed by atoms with E-state index < -0.39 is 0 Å². The molecule has 0 unspecified atom stereocenters. The van der Waals surface area contributed by atoms with Crippen LogP contribution in [0.3, 0.4) is 0 Å². The predicted octanol–water partition coefficient (Wildman–Crippen LogP) is 4.32. The maximum absolute atomic E-state index is 6.27. The van der Waals surface area contributed by atoms with E-state index in [1.165, 1.54) is 0 Å². The maximum Gasteiger partial charge on any atom is 0.174 e. The van der Waals surface area contributed by atoms with Crippen LogP contribution in [0.25, 0.3) is 5.82 Å². The van der Waals surface area contributed by atoms with Crippen molar-refractivity contribution >= 4 is 29.0 Å². The van der Waals surface area contributed by atoms with Gasteiger partial charge in [-0.3, -0.25) is 0 Å². The van der Waals surface area contributed by atoms with Gasteiger partial charge in [-0.2, -0.15) is 5.10 Å². The molecule has 0 saturated carbocycles. The third-order valence-electron chi connectivity index (χ3n) is 3.31. The molecule has 2 heterocycles. The summed E-state index contributed by atoms with van der Waals surface area (Å²) in [7, 11) is 0. The minimum absolute atomic E-state index is 0.489. The summed E-state index contributed by atoms with van der Waals surface area (Å²) in [6, 6.07) is 1.70. The molecule has 0 saturated heterocycles. The van der Waals surface area contributed by atoms with Crippen LogP contribution in [0.4, 0.5) is 5.82 Å². The van der Waals surface area contributed by atoms with Crippen molar-refractivity contribution in [3.05, 3.63) is 33.1 Å². The summed E-state index contributed by atoms with van der Waals surface area (Å²) >= 11 is 12.4. The molecule has 0 aromatic carbocycles. The zero-order valence-corrected chi connectivity index (χ0v) is 13.6. The topological polar surface area (TPSA) is 42.7 Å². The minimum Gasteiger partial charge on any atom is -0.369 e. The smallest absolute Gasteiger partial charge is 0.174 e. The summed E-state index contributed by atoms with van der Waals surface area (Å²) in [6.45, 7) is 8.90. The molecule has 0 aliphatic heterocycles.